The summed E-state index contributed by atoms with van der Waals surface area (Å²) in [6.07, 6.45) is 3.40. The predicted octanol–water partition coefficient (Wildman–Crippen LogP) is 2.95. The van der Waals surface area contributed by atoms with E-state index in [1.165, 1.54) is 23.9 Å². The van der Waals surface area contributed by atoms with Crippen LogP contribution in [0.25, 0.3) is 0 Å². The number of rotatable bonds is 2. The molecule has 0 fully saturated rings. The maximum atomic E-state index is 12.9. The van der Waals surface area contributed by atoms with Crippen molar-refractivity contribution in [1.29, 1.82) is 5.26 Å². The molecule has 0 saturated carbocycles. The number of hydrogen-bond donors (Lipinski definition) is 0. The zero-order valence-electron chi connectivity index (χ0n) is 9.01. The molecule has 0 saturated heterocycles. The van der Waals surface area contributed by atoms with Crippen LogP contribution in [0, 0.1) is 24.1 Å². The van der Waals surface area contributed by atoms with E-state index in [-0.39, 0.29) is 0 Å². The molecule has 0 radical (unpaired) electrons. The lowest BCUT2D eigenvalue weighted by molar-refractivity contribution is 0.626. The molecule has 0 N–H and O–H groups in total. The van der Waals surface area contributed by atoms with Gasteiger partial charge in [-0.05, 0) is 42.4 Å². The van der Waals surface area contributed by atoms with Gasteiger partial charge in [-0.3, -0.25) is 0 Å². The zero-order valence-corrected chi connectivity index (χ0v) is 9.83. The SMILES string of the molecule is Cc1cnc(Sc2ccc(F)cc2C#N)nc1. The molecule has 2 aromatic rings. The summed E-state index contributed by atoms with van der Waals surface area (Å²) in [5, 5.41) is 9.43. The van der Waals surface area contributed by atoms with Crippen LogP contribution in [0.1, 0.15) is 11.1 Å². The van der Waals surface area contributed by atoms with Crippen LogP contribution in [0.3, 0.4) is 0 Å². The molecule has 0 atom stereocenters. The van der Waals surface area contributed by atoms with Crippen LogP contribution in [0.4, 0.5) is 4.39 Å². The highest BCUT2D eigenvalue weighted by Crippen LogP contribution is 2.27. The van der Waals surface area contributed by atoms with Crippen LogP contribution in [0.15, 0.2) is 40.6 Å². The van der Waals surface area contributed by atoms with Crippen molar-refractivity contribution in [3.05, 3.63) is 47.5 Å². The molecule has 0 unspecified atom stereocenters. The summed E-state index contributed by atoms with van der Waals surface area (Å²) < 4.78 is 12.9. The molecule has 0 bridgehead atoms. The molecule has 84 valence electrons. The van der Waals surface area contributed by atoms with Crippen molar-refractivity contribution in [2.45, 2.75) is 17.0 Å². The lowest BCUT2D eigenvalue weighted by atomic mass is 10.2. The molecule has 0 aliphatic rings. The molecule has 0 aliphatic heterocycles. The van der Waals surface area contributed by atoms with E-state index in [1.54, 1.807) is 18.5 Å². The lowest BCUT2D eigenvalue weighted by Crippen LogP contribution is -1.89. The Labute approximate surface area is 102 Å². The number of halogens is 1. The second-order valence-electron chi connectivity index (χ2n) is 3.40. The van der Waals surface area contributed by atoms with Crippen molar-refractivity contribution < 1.29 is 4.39 Å². The van der Waals surface area contributed by atoms with Crippen LogP contribution < -0.4 is 0 Å². The third kappa shape index (κ3) is 2.80. The van der Waals surface area contributed by atoms with E-state index in [9.17, 15) is 4.39 Å². The van der Waals surface area contributed by atoms with Gasteiger partial charge in [0, 0.05) is 17.3 Å². The van der Waals surface area contributed by atoms with Gasteiger partial charge < -0.3 is 0 Å². The third-order valence-electron chi connectivity index (χ3n) is 2.02. The lowest BCUT2D eigenvalue weighted by Gasteiger charge is -2.02. The fraction of sp³-hybridized carbons (Fsp3) is 0.0833. The Hall–Kier alpha value is -1.93. The van der Waals surface area contributed by atoms with Gasteiger partial charge in [-0.2, -0.15) is 5.26 Å². The molecule has 1 aromatic carbocycles. The van der Waals surface area contributed by atoms with Gasteiger partial charge in [-0.1, -0.05) is 0 Å². The van der Waals surface area contributed by atoms with E-state index in [1.807, 2.05) is 13.0 Å². The number of aromatic nitrogens is 2. The highest BCUT2D eigenvalue weighted by molar-refractivity contribution is 7.99. The van der Waals surface area contributed by atoms with Gasteiger partial charge in [-0.15, -0.1) is 0 Å². The Morgan fingerprint density at radius 1 is 1.29 bits per heavy atom. The van der Waals surface area contributed by atoms with Gasteiger partial charge in [0.15, 0.2) is 5.16 Å². The molecule has 1 heterocycles. The average Bonchev–Trinajstić information content (AvgIpc) is 2.34. The molecule has 0 aliphatic carbocycles. The minimum absolute atomic E-state index is 0.291. The summed E-state index contributed by atoms with van der Waals surface area (Å²) in [5.41, 5.74) is 1.26. The first-order valence-electron chi connectivity index (χ1n) is 4.85. The summed E-state index contributed by atoms with van der Waals surface area (Å²) in [6, 6.07) is 6.03. The summed E-state index contributed by atoms with van der Waals surface area (Å²) in [7, 11) is 0. The van der Waals surface area contributed by atoms with Gasteiger partial charge in [0.2, 0.25) is 0 Å². The van der Waals surface area contributed by atoms with E-state index in [0.29, 0.717) is 15.6 Å². The number of hydrogen-bond acceptors (Lipinski definition) is 4. The van der Waals surface area contributed by atoms with Gasteiger partial charge in [0.25, 0.3) is 0 Å². The first-order valence-corrected chi connectivity index (χ1v) is 5.67. The molecular weight excluding hydrogens is 237 g/mol. The highest BCUT2D eigenvalue weighted by atomic mass is 32.2. The van der Waals surface area contributed by atoms with Gasteiger partial charge in [-0.25, -0.2) is 14.4 Å². The number of benzene rings is 1. The molecule has 0 amide bonds. The van der Waals surface area contributed by atoms with Gasteiger partial charge in [0.05, 0.1) is 5.56 Å². The standard InChI is InChI=1S/C12H8FN3S/c1-8-6-15-12(16-7-8)17-11-3-2-10(13)4-9(11)5-14/h2-4,6-7H,1H3. The summed E-state index contributed by atoms with van der Waals surface area (Å²) in [4.78, 5) is 8.89. The number of aryl methyl sites for hydroxylation is 1. The second-order valence-corrected chi connectivity index (χ2v) is 4.41. The Balaban J connectivity index is 2.30. The van der Waals surface area contributed by atoms with Crippen molar-refractivity contribution >= 4 is 11.8 Å². The largest absolute Gasteiger partial charge is 0.231 e. The van der Waals surface area contributed by atoms with Crippen LogP contribution >= 0.6 is 11.8 Å². The second kappa shape index (κ2) is 4.93. The number of nitrogens with zero attached hydrogens (tertiary/aromatic N) is 3. The van der Waals surface area contributed by atoms with Gasteiger partial charge in [0.1, 0.15) is 11.9 Å². The summed E-state index contributed by atoms with van der Waals surface area (Å²) >= 11 is 1.24. The minimum atomic E-state index is -0.421. The topological polar surface area (TPSA) is 49.6 Å². The molecule has 17 heavy (non-hydrogen) atoms. The summed E-state index contributed by atoms with van der Waals surface area (Å²) in [5.74, 6) is -0.421. The molecule has 2 rings (SSSR count). The van der Waals surface area contributed by atoms with Crippen molar-refractivity contribution in [3.8, 4) is 6.07 Å². The van der Waals surface area contributed by atoms with Crippen molar-refractivity contribution in [3.63, 3.8) is 0 Å². The van der Waals surface area contributed by atoms with Crippen LogP contribution in [-0.4, -0.2) is 9.97 Å². The third-order valence-corrected chi connectivity index (χ3v) is 2.99. The van der Waals surface area contributed by atoms with Crippen molar-refractivity contribution in [2.75, 3.05) is 0 Å². The maximum Gasteiger partial charge on any atom is 0.192 e. The van der Waals surface area contributed by atoms with Gasteiger partial charge >= 0.3 is 0 Å². The Morgan fingerprint density at radius 2 is 2.00 bits per heavy atom. The monoisotopic (exact) mass is 245 g/mol. The normalized spacial score (nSPS) is 9.94. The fourth-order valence-corrected chi connectivity index (χ4v) is 1.97. The molecule has 5 heteroatoms. The average molecular weight is 245 g/mol. The first-order chi connectivity index (χ1) is 8.19. The Bertz CT molecular complexity index is 575. The summed E-state index contributed by atoms with van der Waals surface area (Å²) in [6.45, 7) is 1.90. The van der Waals surface area contributed by atoms with Crippen LogP contribution in [-0.2, 0) is 0 Å². The maximum absolute atomic E-state index is 12.9. The predicted molar refractivity (Wildman–Crippen MR) is 62.0 cm³/mol. The zero-order chi connectivity index (χ0) is 12.3. The Kier molecular flexibility index (Phi) is 3.35. The van der Waals surface area contributed by atoms with Crippen molar-refractivity contribution in [1.82, 2.24) is 9.97 Å². The van der Waals surface area contributed by atoms with E-state index < -0.39 is 5.82 Å². The van der Waals surface area contributed by atoms with E-state index in [0.717, 1.165) is 5.56 Å². The number of nitriles is 1. The van der Waals surface area contributed by atoms with Crippen LogP contribution in [0.2, 0.25) is 0 Å². The van der Waals surface area contributed by atoms with E-state index >= 15 is 0 Å². The minimum Gasteiger partial charge on any atom is -0.231 e. The molecular formula is C12H8FN3S. The smallest absolute Gasteiger partial charge is 0.192 e. The molecule has 0 spiro atoms. The van der Waals surface area contributed by atoms with Crippen LogP contribution in [0.5, 0.6) is 0 Å². The van der Waals surface area contributed by atoms with E-state index in [2.05, 4.69) is 9.97 Å². The first kappa shape index (κ1) is 11.6. The quantitative estimate of drug-likeness (QED) is 0.763. The highest BCUT2D eigenvalue weighted by Gasteiger charge is 2.07. The fourth-order valence-electron chi connectivity index (χ4n) is 1.21. The molecule has 1 aromatic heterocycles. The van der Waals surface area contributed by atoms with Crippen molar-refractivity contribution in [2.24, 2.45) is 0 Å². The molecule has 3 nitrogen and oxygen atoms in total. The van der Waals surface area contributed by atoms with E-state index in [4.69, 9.17) is 5.26 Å². The Morgan fingerprint density at radius 3 is 2.65 bits per heavy atom.